The Kier molecular flexibility index (Phi) is 7.04. The van der Waals surface area contributed by atoms with Gasteiger partial charge in [0.2, 0.25) is 0 Å². The summed E-state index contributed by atoms with van der Waals surface area (Å²) in [7, 11) is 0. The lowest BCUT2D eigenvalue weighted by atomic mass is 9.84. The third-order valence-electron chi connectivity index (χ3n) is 5.94. The van der Waals surface area contributed by atoms with Crippen molar-refractivity contribution in [2.75, 3.05) is 13.1 Å². The van der Waals surface area contributed by atoms with E-state index in [0.29, 0.717) is 0 Å². The molecular weight excluding hydrogens is 418 g/mol. The lowest BCUT2D eigenvalue weighted by Gasteiger charge is -2.45. The molecule has 4 atom stereocenters. The molecule has 0 bridgehead atoms. The van der Waals surface area contributed by atoms with Crippen molar-refractivity contribution in [3.63, 3.8) is 0 Å². The highest BCUT2D eigenvalue weighted by atomic mass is 16.5. The van der Waals surface area contributed by atoms with E-state index in [4.69, 9.17) is 25.2 Å². The van der Waals surface area contributed by atoms with E-state index in [1.54, 1.807) is 0 Å². The highest BCUT2D eigenvalue weighted by Gasteiger charge is 2.46. The van der Waals surface area contributed by atoms with Gasteiger partial charge in [0.05, 0.1) is 6.04 Å². The first-order chi connectivity index (χ1) is 15.0. The van der Waals surface area contributed by atoms with Gasteiger partial charge in [-0.2, -0.15) is 0 Å². The molecule has 9 heteroatoms. The molecule has 2 aromatic rings. The highest BCUT2D eigenvalue weighted by molar-refractivity contribution is 5.90. The molecule has 1 fully saturated rings. The smallest absolute Gasteiger partial charge is 0.335 e. The summed E-state index contributed by atoms with van der Waals surface area (Å²) < 4.78 is 6.26. The Balaban J connectivity index is 0.000000247. The van der Waals surface area contributed by atoms with Crippen molar-refractivity contribution in [1.82, 2.24) is 4.90 Å². The second-order valence-electron chi connectivity index (χ2n) is 8.61. The van der Waals surface area contributed by atoms with Crippen LogP contribution in [0.2, 0.25) is 0 Å². The van der Waals surface area contributed by atoms with E-state index in [-0.39, 0.29) is 6.04 Å². The molecule has 5 N–H and O–H groups in total. The van der Waals surface area contributed by atoms with Crippen molar-refractivity contribution in [1.29, 1.82) is 0 Å². The van der Waals surface area contributed by atoms with Crippen molar-refractivity contribution in [3.8, 4) is 5.75 Å². The van der Waals surface area contributed by atoms with Gasteiger partial charge in [-0.1, -0.05) is 36.4 Å². The van der Waals surface area contributed by atoms with Gasteiger partial charge >= 0.3 is 11.9 Å². The third-order valence-corrected chi connectivity index (χ3v) is 5.94. The topological polar surface area (TPSA) is 148 Å². The molecule has 0 saturated carbocycles. The van der Waals surface area contributed by atoms with Crippen LogP contribution in [0.3, 0.4) is 0 Å². The van der Waals surface area contributed by atoms with Crippen LogP contribution in [0.25, 0.3) is 10.8 Å². The van der Waals surface area contributed by atoms with Crippen molar-refractivity contribution < 1.29 is 39.9 Å². The normalized spacial score (nSPS) is 23.9. The summed E-state index contributed by atoms with van der Waals surface area (Å²) in [5.41, 5.74) is 0.553. The summed E-state index contributed by atoms with van der Waals surface area (Å²) in [4.78, 5) is 22.0. The minimum Gasteiger partial charge on any atom is -0.484 e. The Labute approximate surface area is 185 Å². The van der Waals surface area contributed by atoms with Crippen LogP contribution in [0.4, 0.5) is 0 Å². The number of likely N-dealkylation sites (tertiary alicyclic amines) is 1. The van der Waals surface area contributed by atoms with Gasteiger partial charge in [0.25, 0.3) is 0 Å². The first-order valence-corrected chi connectivity index (χ1v) is 10.5. The average Bonchev–Trinajstić information content (AvgIpc) is 3.28. The van der Waals surface area contributed by atoms with Crippen LogP contribution in [0, 0.1) is 0 Å². The summed E-state index contributed by atoms with van der Waals surface area (Å²) >= 11 is 0. The second-order valence-corrected chi connectivity index (χ2v) is 8.61. The zero-order chi connectivity index (χ0) is 23.6. The van der Waals surface area contributed by atoms with Crippen LogP contribution >= 0.6 is 0 Å². The van der Waals surface area contributed by atoms with Gasteiger partial charge in [-0.3, -0.25) is 4.90 Å². The predicted molar refractivity (Wildman–Crippen MR) is 115 cm³/mol. The lowest BCUT2D eigenvalue weighted by Crippen LogP contribution is -2.53. The maximum atomic E-state index is 10.9. The monoisotopic (exact) mass is 447 g/mol. The van der Waals surface area contributed by atoms with Gasteiger partial charge in [-0.15, -0.1) is 0 Å². The molecule has 1 saturated heterocycles. The zero-order valence-electron chi connectivity index (χ0n) is 18.0. The summed E-state index contributed by atoms with van der Waals surface area (Å²) in [6, 6.07) is 12.6. The number of hydrogen-bond donors (Lipinski definition) is 5. The number of fused-ring (bicyclic) bond motifs is 3. The Morgan fingerprint density at radius 3 is 2.12 bits per heavy atom. The van der Waals surface area contributed by atoms with Crippen molar-refractivity contribution in [2.24, 2.45) is 0 Å². The number of nitrogens with zero attached hydrogens (tertiary/aromatic N) is 1. The first-order valence-electron chi connectivity index (χ1n) is 10.5. The summed E-state index contributed by atoms with van der Waals surface area (Å²) in [6.07, 6.45) is -2.62. The third kappa shape index (κ3) is 4.71. The molecule has 0 radical (unpaired) electrons. The highest BCUT2D eigenvalue weighted by Crippen LogP contribution is 2.46. The molecule has 0 amide bonds. The fraction of sp³-hybridized carbons (Fsp3) is 0.478. The molecule has 2 aliphatic heterocycles. The van der Waals surface area contributed by atoms with Gasteiger partial charge in [-0.25, -0.2) is 9.59 Å². The number of aliphatic hydroxyl groups is 3. The molecular formula is C23H29NO8. The first kappa shape index (κ1) is 23.9. The van der Waals surface area contributed by atoms with Crippen LogP contribution < -0.4 is 4.74 Å². The van der Waals surface area contributed by atoms with Gasteiger partial charge in [0, 0.05) is 10.9 Å². The maximum Gasteiger partial charge on any atom is 0.335 e. The Hall–Kier alpha value is -2.72. The maximum absolute atomic E-state index is 10.9. The number of hydrogen-bond acceptors (Lipinski definition) is 7. The molecule has 9 nitrogen and oxygen atoms in total. The zero-order valence-corrected chi connectivity index (χ0v) is 18.0. The minimum atomic E-state index is -2.27. The van der Waals surface area contributed by atoms with E-state index in [9.17, 15) is 14.7 Å². The largest absolute Gasteiger partial charge is 0.484 e. The number of benzene rings is 2. The number of aliphatic carboxylic acids is 2. The molecule has 0 spiro atoms. The molecule has 4 rings (SSSR count). The predicted octanol–water partition coefficient (Wildman–Crippen LogP) is 1.39. The van der Waals surface area contributed by atoms with E-state index in [2.05, 4.69) is 41.3 Å². The quantitative estimate of drug-likeness (QED) is 0.469. The molecule has 0 aromatic heterocycles. The van der Waals surface area contributed by atoms with Crippen LogP contribution in [0.1, 0.15) is 38.3 Å². The number of ether oxygens (including phenoxy) is 1. The van der Waals surface area contributed by atoms with Gasteiger partial charge in [0.1, 0.15) is 17.5 Å². The molecule has 2 unspecified atom stereocenters. The molecule has 32 heavy (non-hydrogen) atoms. The molecule has 2 aromatic carbocycles. The van der Waals surface area contributed by atoms with E-state index < -0.39 is 35.9 Å². The summed E-state index contributed by atoms with van der Waals surface area (Å²) in [6.45, 7) is 6.10. The SMILES string of the molecule is CC1(C)Oc2c(ccc3ccccc23)[C@H](N2CCCC2)[C@H]1O.O=C(O)C(O)C(O)C(=O)O. The second kappa shape index (κ2) is 9.41. The minimum absolute atomic E-state index is 0.0332. The number of carboxylic acid groups (broad SMARTS) is 2. The van der Waals surface area contributed by atoms with Crippen molar-refractivity contribution in [2.45, 2.75) is 56.6 Å². The Bertz CT molecular complexity index is 967. The Morgan fingerprint density at radius 2 is 1.56 bits per heavy atom. The number of carbonyl (C=O) groups is 2. The van der Waals surface area contributed by atoms with E-state index in [1.807, 2.05) is 13.8 Å². The van der Waals surface area contributed by atoms with Gasteiger partial charge in [0.15, 0.2) is 12.2 Å². The van der Waals surface area contributed by atoms with E-state index in [0.717, 1.165) is 29.8 Å². The number of carboxylic acids is 2. The number of rotatable bonds is 4. The van der Waals surface area contributed by atoms with Crippen LogP contribution in [0.15, 0.2) is 36.4 Å². The van der Waals surface area contributed by atoms with Crippen LogP contribution in [-0.2, 0) is 9.59 Å². The summed E-state index contributed by atoms with van der Waals surface area (Å²) in [5.74, 6) is -2.59. The van der Waals surface area contributed by atoms with Crippen LogP contribution in [0.5, 0.6) is 5.75 Å². The summed E-state index contributed by atoms with van der Waals surface area (Å²) in [5, 5.41) is 45.8. The van der Waals surface area contributed by atoms with Crippen molar-refractivity contribution in [3.05, 3.63) is 42.0 Å². The molecule has 2 heterocycles. The van der Waals surface area contributed by atoms with Gasteiger partial charge in [-0.05, 0) is 45.2 Å². The molecule has 2 aliphatic rings. The molecule has 0 aliphatic carbocycles. The Morgan fingerprint density at radius 1 is 1.00 bits per heavy atom. The van der Waals surface area contributed by atoms with E-state index >= 15 is 0 Å². The van der Waals surface area contributed by atoms with Crippen LogP contribution in [-0.4, -0.2) is 79.4 Å². The average molecular weight is 447 g/mol. The number of aliphatic hydroxyl groups excluding tert-OH is 3. The fourth-order valence-electron chi connectivity index (χ4n) is 4.17. The molecule has 174 valence electrons. The standard InChI is InChI=1S/C19H23NO2.C4H6O6/c1-19(2)18(21)16(20-11-5-6-12-20)15-10-9-13-7-3-4-8-14(13)17(15)22-19;5-1(3(7)8)2(6)4(9)10/h3-4,7-10,16,18,21H,5-6,11-12H2,1-2H3;1-2,5-6H,(H,7,8)(H,9,10)/t16-,18+;/m0./s1. The lowest BCUT2D eigenvalue weighted by molar-refractivity contribution is -0.165. The van der Waals surface area contributed by atoms with Crippen molar-refractivity contribution >= 4 is 22.7 Å². The van der Waals surface area contributed by atoms with E-state index in [1.165, 1.54) is 18.2 Å². The van der Waals surface area contributed by atoms with Gasteiger partial charge < -0.3 is 30.3 Å². The fourth-order valence-corrected chi connectivity index (χ4v) is 4.17.